The number of carboxylic acid groups (broad SMARTS) is 1. The lowest BCUT2D eigenvalue weighted by molar-refractivity contribution is -0.137. The maximum atomic E-state index is 12.4. The molecule has 0 aromatic carbocycles. The van der Waals surface area contributed by atoms with Crippen LogP contribution >= 0.6 is 0 Å². The molecule has 1 atom stereocenters. The highest BCUT2D eigenvalue weighted by Gasteiger charge is 2.35. The predicted octanol–water partition coefficient (Wildman–Crippen LogP) is -0.497. The molecule has 1 aromatic rings. The summed E-state index contributed by atoms with van der Waals surface area (Å²) in [5.41, 5.74) is 0. The molecule has 8 nitrogen and oxygen atoms in total. The number of hydrogen-bond donors (Lipinski definition) is 2. The molecule has 1 saturated heterocycles. The number of aryl methyl sites for hydroxylation is 1. The van der Waals surface area contributed by atoms with Gasteiger partial charge in [-0.3, -0.25) is 9.48 Å². The normalized spacial score (nSPS) is 20.4. The standard InChI is InChI=1S/C11H17N3O5S/c15-8-9-2-1-4-14(9)20(18,19)10-6-12-13(7-10)5-3-11(16)17/h6-7,9,15H,1-5,8H2,(H,16,17). The molecule has 2 N–H and O–H groups in total. The summed E-state index contributed by atoms with van der Waals surface area (Å²) in [4.78, 5) is 10.5. The number of sulfonamides is 1. The van der Waals surface area contributed by atoms with Crippen molar-refractivity contribution in [2.45, 2.75) is 36.7 Å². The van der Waals surface area contributed by atoms with Gasteiger partial charge >= 0.3 is 5.97 Å². The minimum absolute atomic E-state index is 0.0308. The van der Waals surface area contributed by atoms with Crippen LogP contribution in [0.3, 0.4) is 0 Å². The Morgan fingerprint density at radius 3 is 2.90 bits per heavy atom. The minimum atomic E-state index is -3.68. The van der Waals surface area contributed by atoms with E-state index in [9.17, 15) is 18.3 Å². The molecule has 112 valence electrons. The van der Waals surface area contributed by atoms with Crippen molar-refractivity contribution in [2.24, 2.45) is 0 Å². The first-order valence-corrected chi connectivity index (χ1v) is 7.76. The van der Waals surface area contributed by atoms with Gasteiger partial charge in [-0.2, -0.15) is 9.40 Å². The van der Waals surface area contributed by atoms with Crippen molar-refractivity contribution < 1.29 is 23.4 Å². The van der Waals surface area contributed by atoms with Crippen molar-refractivity contribution in [1.82, 2.24) is 14.1 Å². The van der Waals surface area contributed by atoms with E-state index in [1.807, 2.05) is 0 Å². The van der Waals surface area contributed by atoms with E-state index in [1.165, 1.54) is 21.4 Å². The van der Waals surface area contributed by atoms with Gasteiger partial charge in [0.25, 0.3) is 0 Å². The smallest absolute Gasteiger partial charge is 0.305 e. The van der Waals surface area contributed by atoms with Gasteiger partial charge in [0.05, 0.1) is 25.8 Å². The van der Waals surface area contributed by atoms with Gasteiger partial charge < -0.3 is 10.2 Å². The lowest BCUT2D eigenvalue weighted by atomic mass is 10.2. The molecule has 2 rings (SSSR count). The molecule has 1 unspecified atom stereocenters. The second-order valence-corrected chi connectivity index (χ2v) is 6.57. The number of aromatic nitrogens is 2. The number of aliphatic carboxylic acids is 1. The zero-order chi connectivity index (χ0) is 14.8. The number of carbonyl (C=O) groups is 1. The van der Waals surface area contributed by atoms with Crippen LogP contribution in [0, 0.1) is 0 Å². The Morgan fingerprint density at radius 2 is 2.25 bits per heavy atom. The van der Waals surface area contributed by atoms with E-state index in [0.29, 0.717) is 13.0 Å². The summed E-state index contributed by atoms with van der Waals surface area (Å²) in [5.74, 6) is -0.968. The summed E-state index contributed by atoms with van der Waals surface area (Å²) in [5, 5.41) is 21.7. The van der Waals surface area contributed by atoms with Crippen LogP contribution in [0.25, 0.3) is 0 Å². The van der Waals surface area contributed by atoms with E-state index in [4.69, 9.17) is 5.11 Å². The molecule has 0 aliphatic carbocycles. The highest BCUT2D eigenvalue weighted by molar-refractivity contribution is 7.89. The Bertz CT molecular complexity index is 583. The first kappa shape index (κ1) is 14.9. The van der Waals surface area contributed by atoms with Crippen molar-refractivity contribution in [2.75, 3.05) is 13.2 Å². The van der Waals surface area contributed by atoms with Crippen LogP contribution in [0.1, 0.15) is 19.3 Å². The number of hydrogen-bond acceptors (Lipinski definition) is 5. The molecule has 1 fully saturated rings. The molecule has 0 amide bonds. The number of carboxylic acids is 1. The Morgan fingerprint density at radius 1 is 1.50 bits per heavy atom. The molecule has 1 aliphatic rings. The Kier molecular flexibility index (Phi) is 4.41. The van der Waals surface area contributed by atoms with Crippen LogP contribution in [-0.2, 0) is 21.4 Å². The summed E-state index contributed by atoms with van der Waals surface area (Å²) in [6.07, 6.45) is 3.78. The molecule has 0 saturated carbocycles. The molecule has 0 radical (unpaired) electrons. The highest BCUT2D eigenvalue weighted by Crippen LogP contribution is 2.25. The fourth-order valence-electron chi connectivity index (χ4n) is 2.25. The van der Waals surface area contributed by atoms with Crippen LogP contribution in [0.5, 0.6) is 0 Å². The topological polar surface area (TPSA) is 113 Å². The van der Waals surface area contributed by atoms with Crippen molar-refractivity contribution >= 4 is 16.0 Å². The maximum absolute atomic E-state index is 12.4. The van der Waals surface area contributed by atoms with Gasteiger partial charge in [-0.1, -0.05) is 0 Å². The molecule has 1 aromatic heterocycles. The van der Waals surface area contributed by atoms with Gasteiger partial charge in [0.2, 0.25) is 10.0 Å². The second kappa shape index (κ2) is 5.90. The average molecular weight is 303 g/mol. The van der Waals surface area contributed by atoms with Gasteiger partial charge in [-0.05, 0) is 12.8 Å². The molecule has 2 heterocycles. The van der Waals surface area contributed by atoms with E-state index >= 15 is 0 Å². The zero-order valence-corrected chi connectivity index (χ0v) is 11.7. The quantitative estimate of drug-likeness (QED) is 0.733. The number of aliphatic hydroxyl groups is 1. The van der Waals surface area contributed by atoms with Gasteiger partial charge in [0, 0.05) is 18.8 Å². The number of aliphatic hydroxyl groups excluding tert-OH is 1. The summed E-state index contributed by atoms with van der Waals surface area (Å²) in [6.45, 7) is 0.300. The Labute approximate surface area is 116 Å². The summed E-state index contributed by atoms with van der Waals surface area (Å²) < 4.78 is 27.4. The largest absolute Gasteiger partial charge is 0.481 e. The molecular formula is C11H17N3O5S. The predicted molar refractivity (Wildman–Crippen MR) is 68.5 cm³/mol. The fourth-order valence-corrected chi connectivity index (χ4v) is 3.89. The van der Waals surface area contributed by atoms with Crippen molar-refractivity contribution in [3.63, 3.8) is 0 Å². The average Bonchev–Trinajstić information content (AvgIpc) is 3.05. The zero-order valence-electron chi connectivity index (χ0n) is 10.8. The number of rotatable bonds is 6. The van der Waals surface area contributed by atoms with Crippen molar-refractivity contribution in [3.8, 4) is 0 Å². The summed E-state index contributed by atoms with van der Waals surface area (Å²) >= 11 is 0. The Balaban J connectivity index is 2.15. The van der Waals surface area contributed by atoms with Gasteiger partial charge in [-0.15, -0.1) is 0 Å². The third-order valence-electron chi connectivity index (χ3n) is 3.30. The molecular weight excluding hydrogens is 286 g/mol. The monoisotopic (exact) mass is 303 g/mol. The van der Waals surface area contributed by atoms with Crippen LogP contribution in [0.4, 0.5) is 0 Å². The Hall–Kier alpha value is -1.45. The van der Waals surface area contributed by atoms with Crippen molar-refractivity contribution in [3.05, 3.63) is 12.4 Å². The number of nitrogens with zero attached hydrogens (tertiary/aromatic N) is 3. The van der Waals surface area contributed by atoms with Crippen LogP contribution in [-0.4, -0.2) is 57.9 Å². The van der Waals surface area contributed by atoms with Gasteiger partial charge in [-0.25, -0.2) is 8.42 Å². The minimum Gasteiger partial charge on any atom is -0.481 e. The maximum Gasteiger partial charge on any atom is 0.305 e. The SMILES string of the molecule is O=C(O)CCn1cc(S(=O)(=O)N2CCCC2CO)cn1. The first-order valence-electron chi connectivity index (χ1n) is 6.32. The van der Waals surface area contributed by atoms with Crippen LogP contribution in [0.2, 0.25) is 0 Å². The van der Waals surface area contributed by atoms with Gasteiger partial charge in [0.15, 0.2) is 0 Å². The van der Waals surface area contributed by atoms with E-state index in [0.717, 1.165) is 6.42 Å². The van der Waals surface area contributed by atoms with Crippen LogP contribution in [0.15, 0.2) is 17.3 Å². The lowest BCUT2D eigenvalue weighted by Gasteiger charge is -2.21. The fraction of sp³-hybridized carbons (Fsp3) is 0.636. The molecule has 0 spiro atoms. The van der Waals surface area contributed by atoms with E-state index in [1.54, 1.807) is 0 Å². The van der Waals surface area contributed by atoms with Gasteiger partial charge in [0.1, 0.15) is 4.90 Å². The first-order chi connectivity index (χ1) is 9.45. The lowest BCUT2D eigenvalue weighted by Crippen LogP contribution is -2.37. The van der Waals surface area contributed by atoms with E-state index < -0.39 is 16.0 Å². The van der Waals surface area contributed by atoms with Crippen LogP contribution < -0.4 is 0 Å². The van der Waals surface area contributed by atoms with E-state index in [2.05, 4.69) is 5.10 Å². The van der Waals surface area contributed by atoms with E-state index in [-0.39, 0.29) is 30.5 Å². The highest BCUT2D eigenvalue weighted by atomic mass is 32.2. The van der Waals surface area contributed by atoms with Crippen molar-refractivity contribution in [1.29, 1.82) is 0 Å². The molecule has 20 heavy (non-hydrogen) atoms. The third kappa shape index (κ3) is 3.00. The summed E-state index contributed by atoms with van der Waals surface area (Å²) in [6, 6.07) is -0.387. The third-order valence-corrected chi connectivity index (χ3v) is 5.21. The second-order valence-electron chi connectivity index (χ2n) is 4.68. The summed E-state index contributed by atoms with van der Waals surface area (Å²) in [7, 11) is -3.68. The molecule has 1 aliphatic heterocycles. The molecule has 0 bridgehead atoms. The molecule has 9 heteroatoms.